The third-order valence-corrected chi connectivity index (χ3v) is 3.19. The van der Waals surface area contributed by atoms with Crippen molar-refractivity contribution in [1.29, 1.82) is 0 Å². The number of nitrogens with zero attached hydrogens (tertiary/aromatic N) is 1. The Labute approximate surface area is 101 Å². The summed E-state index contributed by atoms with van der Waals surface area (Å²) in [6.45, 7) is 1.49. The summed E-state index contributed by atoms with van der Waals surface area (Å²) in [5.74, 6) is 0. The zero-order valence-electron chi connectivity index (χ0n) is 10.1. The van der Waals surface area contributed by atoms with Gasteiger partial charge >= 0.3 is 0 Å². The molecule has 5 nitrogen and oxygen atoms in total. The summed E-state index contributed by atoms with van der Waals surface area (Å²) in [7, 11) is 1.86. The number of nitrogens with one attached hydrogen (secondary N) is 2. The first-order valence-corrected chi connectivity index (χ1v) is 5.88. The van der Waals surface area contributed by atoms with E-state index in [1.165, 1.54) is 0 Å². The molecule has 0 amide bonds. The van der Waals surface area contributed by atoms with Crippen molar-refractivity contribution in [1.82, 2.24) is 4.98 Å². The molecule has 0 radical (unpaired) electrons. The zero-order valence-corrected chi connectivity index (χ0v) is 10.1. The lowest BCUT2D eigenvalue weighted by molar-refractivity contribution is 0.0380. The van der Waals surface area contributed by atoms with Crippen LogP contribution in [0.1, 0.15) is 12.8 Å². The van der Waals surface area contributed by atoms with Crippen molar-refractivity contribution in [2.45, 2.75) is 18.4 Å². The van der Waals surface area contributed by atoms with E-state index in [-0.39, 0.29) is 12.1 Å². The number of anilines is 2. The highest BCUT2D eigenvalue weighted by molar-refractivity contribution is 5.54. The number of hydrogen-bond donors (Lipinski definition) is 3. The molecule has 0 saturated carbocycles. The number of aliphatic hydroxyl groups excluding tert-OH is 1. The fraction of sp³-hybridized carbons (Fsp3) is 0.583. The Morgan fingerprint density at radius 1 is 1.35 bits per heavy atom. The van der Waals surface area contributed by atoms with E-state index in [1.807, 2.05) is 13.1 Å². The summed E-state index contributed by atoms with van der Waals surface area (Å²) in [4.78, 5) is 4.15. The van der Waals surface area contributed by atoms with Crippen LogP contribution < -0.4 is 10.6 Å². The molecule has 1 aromatic rings. The topological polar surface area (TPSA) is 66.4 Å². The second kappa shape index (κ2) is 5.33. The standard InChI is InChI=1S/C12H19N3O2/c1-13-10-6-11(8-14-7-10)15-12(9-16)2-4-17-5-3-12/h6-8,13,15-16H,2-5,9H2,1H3. The lowest BCUT2D eigenvalue weighted by atomic mass is 9.91. The van der Waals surface area contributed by atoms with Gasteiger partial charge in [0.1, 0.15) is 0 Å². The summed E-state index contributed by atoms with van der Waals surface area (Å²) in [6.07, 6.45) is 5.16. The Kier molecular flexibility index (Phi) is 3.81. The van der Waals surface area contributed by atoms with Crippen LogP contribution in [0.3, 0.4) is 0 Å². The van der Waals surface area contributed by atoms with Gasteiger partial charge in [-0.1, -0.05) is 0 Å². The lowest BCUT2D eigenvalue weighted by Crippen LogP contribution is -2.46. The molecule has 3 N–H and O–H groups in total. The number of ether oxygens (including phenoxy) is 1. The van der Waals surface area contributed by atoms with E-state index in [1.54, 1.807) is 12.4 Å². The number of rotatable bonds is 4. The van der Waals surface area contributed by atoms with Crippen LogP contribution in [0.5, 0.6) is 0 Å². The first kappa shape index (κ1) is 12.1. The van der Waals surface area contributed by atoms with Gasteiger partial charge in [0, 0.05) is 20.3 Å². The fourth-order valence-corrected chi connectivity index (χ4v) is 2.04. The van der Waals surface area contributed by atoms with Crippen molar-refractivity contribution < 1.29 is 9.84 Å². The molecular weight excluding hydrogens is 218 g/mol. The molecule has 0 aromatic carbocycles. The molecule has 1 fully saturated rings. The van der Waals surface area contributed by atoms with E-state index in [4.69, 9.17) is 4.74 Å². The molecule has 0 unspecified atom stereocenters. The van der Waals surface area contributed by atoms with E-state index in [9.17, 15) is 5.11 Å². The summed E-state index contributed by atoms with van der Waals surface area (Å²) in [6, 6.07) is 1.99. The number of pyridine rings is 1. The van der Waals surface area contributed by atoms with Gasteiger partial charge in [0.05, 0.1) is 35.9 Å². The van der Waals surface area contributed by atoms with Crippen molar-refractivity contribution in [3.05, 3.63) is 18.5 Å². The van der Waals surface area contributed by atoms with Crippen molar-refractivity contribution in [2.75, 3.05) is 37.5 Å². The highest BCUT2D eigenvalue weighted by atomic mass is 16.5. The zero-order chi connectivity index (χ0) is 12.1. The molecule has 0 aliphatic carbocycles. The van der Waals surface area contributed by atoms with Crippen LogP contribution >= 0.6 is 0 Å². The first-order chi connectivity index (χ1) is 8.28. The number of aromatic nitrogens is 1. The Morgan fingerprint density at radius 3 is 2.71 bits per heavy atom. The van der Waals surface area contributed by atoms with Crippen LogP contribution in [0.15, 0.2) is 18.5 Å². The second-order valence-corrected chi connectivity index (χ2v) is 4.39. The largest absolute Gasteiger partial charge is 0.394 e. The van der Waals surface area contributed by atoms with E-state index in [0.29, 0.717) is 13.2 Å². The normalized spacial score (nSPS) is 18.7. The Hall–Kier alpha value is -1.33. The molecule has 17 heavy (non-hydrogen) atoms. The number of aliphatic hydroxyl groups is 1. The van der Waals surface area contributed by atoms with Crippen LogP contribution in [0.2, 0.25) is 0 Å². The summed E-state index contributed by atoms with van der Waals surface area (Å²) >= 11 is 0. The average Bonchev–Trinajstić information content (AvgIpc) is 2.40. The Bertz CT molecular complexity index is 365. The van der Waals surface area contributed by atoms with E-state index in [2.05, 4.69) is 15.6 Å². The van der Waals surface area contributed by atoms with Crippen molar-refractivity contribution >= 4 is 11.4 Å². The van der Waals surface area contributed by atoms with Crippen LogP contribution in [-0.4, -0.2) is 42.5 Å². The van der Waals surface area contributed by atoms with Gasteiger partial charge in [0.2, 0.25) is 0 Å². The van der Waals surface area contributed by atoms with Crippen LogP contribution in [0.25, 0.3) is 0 Å². The molecule has 0 atom stereocenters. The first-order valence-electron chi connectivity index (χ1n) is 5.88. The van der Waals surface area contributed by atoms with Crippen LogP contribution in [-0.2, 0) is 4.74 Å². The van der Waals surface area contributed by atoms with Gasteiger partial charge in [-0.05, 0) is 18.9 Å². The lowest BCUT2D eigenvalue weighted by Gasteiger charge is -2.37. The van der Waals surface area contributed by atoms with Crippen molar-refractivity contribution in [3.8, 4) is 0 Å². The van der Waals surface area contributed by atoms with Gasteiger partial charge in [-0.15, -0.1) is 0 Å². The molecule has 1 aromatic heterocycles. The molecule has 2 heterocycles. The van der Waals surface area contributed by atoms with Crippen molar-refractivity contribution in [2.24, 2.45) is 0 Å². The van der Waals surface area contributed by atoms with Crippen LogP contribution in [0.4, 0.5) is 11.4 Å². The maximum absolute atomic E-state index is 9.58. The quantitative estimate of drug-likeness (QED) is 0.731. The minimum atomic E-state index is -0.272. The Balaban J connectivity index is 2.11. The van der Waals surface area contributed by atoms with E-state index < -0.39 is 0 Å². The summed E-state index contributed by atoms with van der Waals surface area (Å²) in [5, 5.41) is 16.0. The maximum atomic E-state index is 9.58. The molecular formula is C12H19N3O2. The molecule has 1 aliphatic heterocycles. The minimum Gasteiger partial charge on any atom is -0.394 e. The smallest absolute Gasteiger partial charge is 0.0663 e. The highest BCUT2D eigenvalue weighted by Crippen LogP contribution is 2.26. The Morgan fingerprint density at radius 2 is 2.06 bits per heavy atom. The average molecular weight is 237 g/mol. The second-order valence-electron chi connectivity index (χ2n) is 4.39. The van der Waals surface area contributed by atoms with Gasteiger partial charge < -0.3 is 20.5 Å². The third kappa shape index (κ3) is 2.87. The molecule has 1 aliphatic rings. The van der Waals surface area contributed by atoms with Gasteiger partial charge in [-0.25, -0.2) is 0 Å². The minimum absolute atomic E-state index is 0.111. The molecule has 94 valence electrons. The van der Waals surface area contributed by atoms with Gasteiger partial charge in [0.15, 0.2) is 0 Å². The predicted octanol–water partition coefficient (Wildman–Crippen LogP) is 1.08. The van der Waals surface area contributed by atoms with Crippen molar-refractivity contribution in [3.63, 3.8) is 0 Å². The summed E-state index contributed by atoms with van der Waals surface area (Å²) in [5.41, 5.74) is 1.61. The molecule has 1 saturated heterocycles. The predicted molar refractivity (Wildman–Crippen MR) is 67.3 cm³/mol. The van der Waals surface area contributed by atoms with E-state index >= 15 is 0 Å². The fourth-order valence-electron chi connectivity index (χ4n) is 2.04. The monoisotopic (exact) mass is 237 g/mol. The van der Waals surface area contributed by atoms with Gasteiger partial charge in [-0.3, -0.25) is 4.98 Å². The number of hydrogen-bond acceptors (Lipinski definition) is 5. The third-order valence-electron chi connectivity index (χ3n) is 3.19. The molecule has 0 spiro atoms. The van der Waals surface area contributed by atoms with E-state index in [0.717, 1.165) is 24.2 Å². The molecule has 2 rings (SSSR count). The maximum Gasteiger partial charge on any atom is 0.0663 e. The summed E-state index contributed by atoms with van der Waals surface area (Å²) < 4.78 is 5.33. The molecule has 0 bridgehead atoms. The SMILES string of the molecule is CNc1cncc(NC2(CO)CCOCC2)c1. The van der Waals surface area contributed by atoms with Gasteiger partial charge in [0.25, 0.3) is 0 Å². The highest BCUT2D eigenvalue weighted by Gasteiger charge is 2.31. The van der Waals surface area contributed by atoms with Gasteiger partial charge in [-0.2, -0.15) is 0 Å². The van der Waals surface area contributed by atoms with Crippen LogP contribution in [0, 0.1) is 0 Å². The molecule has 5 heteroatoms.